The van der Waals surface area contributed by atoms with E-state index >= 15 is 0 Å². The molecule has 19 heavy (non-hydrogen) atoms. The Morgan fingerprint density at radius 3 is 1.11 bits per heavy atom. The molecule has 0 atom stereocenters. The molecule has 0 saturated heterocycles. The summed E-state index contributed by atoms with van der Waals surface area (Å²) in [6, 6.07) is 21.4. The Kier molecular flexibility index (Phi) is 22.3. The molecule has 0 aliphatic carbocycles. The topological polar surface area (TPSA) is 0 Å². The van der Waals surface area contributed by atoms with Crippen molar-refractivity contribution in [2.75, 3.05) is 0 Å². The molecule has 2 aromatic carbocycles. The van der Waals surface area contributed by atoms with Crippen molar-refractivity contribution in [3.8, 4) is 0 Å². The molecule has 0 fully saturated rings. The molecule has 0 spiro atoms. The van der Waals surface area contributed by atoms with Gasteiger partial charge in [0.15, 0.2) is 7.14 Å². The van der Waals surface area contributed by atoms with Crippen molar-refractivity contribution >= 4 is 0 Å². The SMILES string of the molecule is C.CC.CC.[V].c1ccc([I+]c2ccccc2)cc1. The van der Waals surface area contributed by atoms with Gasteiger partial charge in [0, 0.05) is 18.6 Å². The van der Waals surface area contributed by atoms with Gasteiger partial charge in [-0.25, -0.2) is 0 Å². The molecule has 0 bridgehead atoms. The van der Waals surface area contributed by atoms with Gasteiger partial charge in [0.2, 0.25) is 0 Å². The average Bonchev–Trinajstić information content (AvgIpc) is 2.45. The first-order chi connectivity index (χ1) is 8.45. The van der Waals surface area contributed by atoms with E-state index in [-0.39, 0.29) is 47.2 Å². The van der Waals surface area contributed by atoms with E-state index in [1.54, 1.807) is 0 Å². The molecule has 0 aromatic heterocycles. The zero-order valence-electron chi connectivity index (χ0n) is 11.6. The van der Waals surface area contributed by atoms with Gasteiger partial charge >= 0.3 is 21.2 Å². The van der Waals surface area contributed by atoms with Crippen molar-refractivity contribution in [2.45, 2.75) is 35.1 Å². The molecule has 0 heterocycles. The van der Waals surface area contributed by atoms with Crippen LogP contribution in [-0.2, 0) is 18.6 Å². The predicted molar refractivity (Wildman–Crippen MR) is 79.7 cm³/mol. The van der Waals surface area contributed by atoms with Crippen LogP contribution in [0.15, 0.2) is 60.7 Å². The fourth-order valence-electron chi connectivity index (χ4n) is 1.08. The maximum atomic E-state index is 2.21. The molecular weight excluding hydrogens is 382 g/mol. The molecule has 0 N–H and O–H groups in total. The predicted octanol–water partition coefficient (Wildman–Crippen LogP) is 2.50. The molecule has 105 valence electrons. The second-order valence-corrected chi connectivity index (χ2v) is 5.72. The van der Waals surface area contributed by atoms with Crippen LogP contribution in [0.3, 0.4) is 0 Å². The summed E-state index contributed by atoms with van der Waals surface area (Å²) in [4.78, 5) is 0. The van der Waals surface area contributed by atoms with Crippen LogP contribution in [0.2, 0.25) is 0 Å². The van der Waals surface area contributed by atoms with Gasteiger partial charge in [-0.1, -0.05) is 71.5 Å². The van der Waals surface area contributed by atoms with Gasteiger partial charge in [-0.05, 0) is 24.3 Å². The Hall–Kier alpha value is -0.246. The minimum absolute atomic E-state index is 0. The maximum Gasteiger partial charge on any atom is 0.357 e. The summed E-state index contributed by atoms with van der Waals surface area (Å²) in [5.74, 6) is 0. The molecular formula is C17H26IV+. The van der Waals surface area contributed by atoms with Gasteiger partial charge in [-0.3, -0.25) is 0 Å². The first kappa shape index (κ1) is 23.8. The van der Waals surface area contributed by atoms with Crippen molar-refractivity contribution in [3.05, 3.63) is 67.8 Å². The van der Waals surface area contributed by atoms with Crippen LogP contribution in [0.4, 0.5) is 0 Å². The van der Waals surface area contributed by atoms with Crippen LogP contribution in [0.25, 0.3) is 0 Å². The maximum absolute atomic E-state index is 2.21. The molecule has 2 rings (SSSR count). The van der Waals surface area contributed by atoms with Gasteiger partial charge < -0.3 is 0 Å². The number of hydrogen-bond donors (Lipinski definition) is 0. The molecule has 0 aliphatic rings. The van der Waals surface area contributed by atoms with Gasteiger partial charge in [0.25, 0.3) is 0 Å². The Morgan fingerprint density at radius 1 is 0.579 bits per heavy atom. The van der Waals surface area contributed by atoms with Gasteiger partial charge in [-0.2, -0.15) is 0 Å². The summed E-state index contributed by atoms with van der Waals surface area (Å²) in [6.45, 7) is 8.00. The number of halogens is 1. The average molecular weight is 408 g/mol. The van der Waals surface area contributed by atoms with Gasteiger partial charge in [0.05, 0.1) is 0 Å². The van der Waals surface area contributed by atoms with E-state index in [9.17, 15) is 0 Å². The van der Waals surface area contributed by atoms with Crippen LogP contribution in [-0.4, -0.2) is 0 Å². The van der Waals surface area contributed by atoms with E-state index in [0.717, 1.165) is 0 Å². The Balaban J connectivity index is -0.000000392. The number of hydrogen-bond acceptors (Lipinski definition) is 0. The fourth-order valence-corrected chi connectivity index (χ4v) is 3.35. The normalized spacial score (nSPS) is 7.37. The van der Waals surface area contributed by atoms with Crippen LogP contribution < -0.4 is 21.2 Å². The second-order valence-electron chi connectivity index (χ2n) is 2.69. The summed E-state index contributed by atoms with van der Waals surface area (Å²) in [6.07, 6.45) is 0. The quantitative estimate of drug-likeness (QED) is 0.671. The molecule has 2 aromatic rings. The summed E-state index contributed by atoms with van der Waals surface area (Å²) >= 11 is 0.0287. The van der Waals surface area contributed by atoms with Crippen molar-refractivity contribution in [1.82, 2.24) is 0 Å². The largest absolute Gasteiger partial charge is 0.357 e. The molecule has 0 amide bonds. The van der Waals surface area contributed by atoms with E-state index in [1.807, 2.05) is 27.7 Å². The standard InChI is InChI=1S/C12H10I.2C2H6.CH4.V/c1-3-7-11(8-4-1)13-12-9-5-2-6-10-12;2*1-2;;/h1-10H;2*1-2H3;1H4;/q+1;;;;. The minimum Gasteiger partial charge on any atom is -0.0776 e. The van der Waals surface area contributed by atoms with E-state index in [4.69, 9.17) is 0 Å². The van der Waals surface area contributed by atoms with Gasteiger partial charge in [0.1, 0.15) is 0 Å². The van der Waals surface area contributed by atoms with Crippen molar-refractivity contribution in [2.24, 2.45) is 0 Å². The summed E-state index contributed by atoms with van der Waals surface area (Å²) in [7, 11) is 0. The summed E-state index contributed by atoms with van der Waals surface area (Å²) < 4.78 is 2.96. The third-order valence-corrected chi connectivity index (χ3v) is 4.37. The summed E-state index contributed by atoms with van der Waals surface area (Å²) in [5, 5.41) is 0. The van der Waals surface area contributed by atoms with Crippen molar-refractivity contribution < 1.29 is 39.8 Å². The van der Waals surface area contributed by atoms with Gasteiger partial charge in [-0.15, -0.1) is 0 Å². The Labute approximate surface area is 142 Å². The Bertz CT molecular complexity index is 322. The summed E-state index contributed by atoms with van der Waals surface area (Å²) in [5.41, 5.74) is 0. The second kappa shape index (κ2) is 17.8. The third kappa shape index (κ3) is 11.3. The van der Waals surface area contributed by atoms with E-state index in [2.05, 4.69) is 60.7 Å². The van der Waals surface area contributed by atoms with Crippen LogP contribution in [0.1, 0.15) is 35.1 Å². The zero-order valence-corrected chi connectivity index (χ0v) is 15.2. The van der Waals surface area contributed by atoms with E-state index in [0.29, 0.717) is 0 Å². The van der Waals surface area contributed by atoms with Crippen LogP contribution >= 0.6 is 0 Å². The molecule has 0 saturated carbocycles. The first-order valence-electron chi connectivity index (χ1n) is 6.20. The van der Waals surface area contributed by atoms with Crippen molar-refractivity contribution in [3.63, 3.8) is 0 Å². The molecule has 0 unspecified atom stereocenters. The molecule has 0 nitrogen and oxygen atoms in total. The minimum atomic E-state index is 0. The number of rotatable bonds is 2. The first-order valence-corrected chi connectivity index (χ1v) is 8.36. The fraction of sp³-hybridized carbons (Fsp3) is 0.294. The molecule has 1 radical (unpaired) electrons. The van der Waals surface area contributed by atoms with Crippen LogP contribution in [0, 0.1) is 7.14 Å². The van der Waals surface area contributed by atoms with Crippen molar-refractivity contribution in [1.29, 1.82) is 0 Å². The molecule has 0 aliphatic heterocycles. The zero-order chi connectivity index (χ0) is 12.9. The monoisotopic (exact) mass is 408 g/mol. The van der Waals surface area contributed by atoms with E-state index in [1.165, 1.54) is 7.14 Å². The Morgan fingerprint density at radius 2 is 0.842 bits per heavy atom. The van der Waals surface area contributed by atoms with Crippen LogP contribution in [0.5, 0.6) is 0 Å². The number of benzene rings is 2. The van der Waals surface area contributed by atoms with E-state index < -0.39 is 0 Å². The third-order valence-electron chi connectivity index (χ3n) is 1.68. The smallest absolute Gasteiger partial charge is 0.0776 e. The molecule has 2 heteroatoms.